The van der Waals surface area contributed by atoms with Gasteiger partial charge in [-0.3, -0.25) is 9.59 Å². The average molecular weight is 414 g/mol. The van der Waals surface area contributed by atoms with E-state index < -0.39 is 22.9 Å². The standard InChI is InChI=1S/C24H31NO5/c1-23(2,24(3,4)22(27)29-6)20(21(26)25-18-10-8-7-9-11-18)30-16-17-12-14-19(28-5)15-13-17/h7-15,20H,16H2,1-6H3,(H,25,26). The number of para-hydroxylation sites is 1. The van der Waals surface area contributed by atoms with E-state index >= 15 is 0 Å². The highest BCUT2D eigenvalue weighted by Crippen LogP contribution is 2.44. The molecule has 0 aliphatic heterocycles. The lowest BCUT2D eigenvalue weighted by Crippen LogP contribution is -2.53. The van der Waals surface area contributed by atoms with Crippen LogP contribution in [0.15, 0.2) is 54.6 Å². The largest absolute Gasteiger partial charge is 0.497 e. The van der Waals surface area contributed by atoms with Crippen molar-refractivity contribution in [2.75, 3.05) is 19.5 Å². The SMILES string of the molecule is COC(=O)C(C)(C)C(C)(C)C(OCc1ccc(OC)cc1)C(=O)Nc1ccccc1. The van der Waals surface area contributed by atoms with Crippen LogP contribution in [0.1, 0.15) is 33.3 Å². The fourth-order valence-electron chi connectivity index (χ4n) is 3.09. The van der Waals surface area contributed by atoms with Gasteiger partial charge in [-0.2, -0.15) is 0 Å². The van der Waals surface area contributed by atoms with Gasteiger partial charge in [0.25, 0.3) is 5.91 Å². The maximum atomic E-state index is 13.2. The maximum Gasteiger partial charge on any atom is 0.311 e. The first-order valence-corrected chi connectivity index (χ1v) is 9.82. The van der Waals surface area contributed by atoms with Crippen LogP contribution < -0.4 is 10.1 Å². The molecule has 0 aliphatic carbocycles. The van der Waals surface area contributed by atoms with Gasteiger partial charge in [0, 0.05) is 11.1 Å². The number of carbonyl (C=O) groups excluding carboxylic acids is 2. The van der Waals surface area contributed by atoms with Crippen LogP contribution in [0, 0.1) is 10.8 Å². The molecule has 162 valence electrons. The topological polar surface area (TPSA) is 73.9 Å². The summed E-state index contributed by atoms with van der Waals surface area (Å²) in [6.07, 6.45) is -0.908. The number of benzene rings is 2. The molecule has 0 aromatic heterocycles. The molecule has 30 heavy (non-hydrogen) atoms. The van der Waals surface area contributed by atoms with Gasteiger partial charge in [0.2, 0.25) is 0 Å². The molecular weight excluding hydrogens is 382 g/mol. The first-order valence-electron chi connectivity index (χ1n) is 9.82. The van der Waals surface area contributed by atoms with E-state index in [0.29, 0.717) is 5.69 Å². The fourth-order valence-corrected chi connectivity index (χ4v) is 3.09. The van der Waals surface area contributed by atoms with Crippen molar-refractivity contribution in [1.29, 1.82) is 0 Å². The molecule has 1 unspecified atom stereocenters. The molecule has 0 saturated heterocycles. The summed E-state index contributed by atoms with van der Waals surface area (Å²) in [6.45, 7) is 7.41. The monoisotopic (exact) mass is 413 g/mol. The van der Waals surface area contributed by atoms with Crippen molar-refractivity contribution in [1.82, 2.24) is 0 Å². The van der Waals surface area contributed by atoms with E-state index in [9.17, 15) is 9.59 Å². The fraction of sp³-hybridized carbons (Fsp3) is 0.417. The molecule has 6 nitrogen and oxygen atoms in total. The zero-order valence-electron chi connectivity index (χ0n) is 18.5. The van der Waals surface area contributed by atoms with Crippen molar-refractivity contribution < 1.29 is 23.8 Å². The second-order valence-electron chi connectivity index (χ2n) is 8.23. The van der Waals surface area contributed by atoms with E-state index in [4.69, 9.17) is 14.2 Å². The number of hydrogen-bond donors (Lipinski definition) is 1. The molecule has 0 saturated carbocycles. The molecule has 1 N–H and O–H groups in total. The Morgan fingerprint density at radius 1 is 0.933 bits per heavy atom. The van der Waals surface area contributed by atoms with Crippen LogP contribution in [0.4, 0.5) is 5.69 Å². The third kappa shape index (κ3) is 5.19. The Kier molecular flexibility index (Phi) is 7.62. The molecule has 1 amide bonds. The molecule has 2 rings (SSSR count). The predicted molar refractivity (Wildman–Crippen MR) is 116 cm³/mol. The normalized spacial score (nSPS) is 12.7. The number of methoxy groups -OCH3 is 2. The van der Waals surface area contributed by atoms with Crippen LogP contribution in [0.25, 0.3) is 0 Å². The van der Waals surface area contributed by atoms with Crippen LogP contribution in [-0.4, -0.2) is 32.2 Å². The molecule has 6 heteroatoms. The third-order valence-corrected chi connectivity index (χ3v) is 5.82. The Morgan fingerprint density at radius 2 is 1.53 bits per heavy atom. The minimum absolute atomic E-state index is 0.206. The Bertz CT molecular complexity index is 844. The summed E-state index contributed by atoms with van der Waals surface area (Å²) in [4.78, 5) is 25.7. The van der Waals surface area contributed by atoms with E-state index in [2.05, 4.69) is 5.32 Å². The summed E-state index contributed by atoms with van der Waals surface area (Å²) >= 11 is 0. The van der Waals surface area contributed by atoms with Gasteiger partial charge in [-0.05, 0) is 43.7 Å². The number of nitrogens with one attached hydrogen (secondary N) is 1. The van der Waals surface area contributed by atoms with E-state index in [0.717, 1.165) is 11.3 Å². The van der Waals surface area contributed by atoms with Crippen LogP contribution in [0.5, 0.6) is 5.75 Å². The summed E-state index contributed by atoms with van der Waals surface area (Å²) in [7, 11) is 2.95. The summed E-state index contributed by atoms with van der Waals surface area (Å²) < 4.78 is 16.3. The Hall–Kier alpha value is -2.86. The van der Waals surface area contributed by atoms with Crippen LogP contribution >= 0.6 is 0 Å². The number of hydrogen-bond acceptors (Lipinski definition) is 5. The van der Waals surface area contributed by atoms with E-state index in [1.54, 1.807) is 33.1 Å². The number of amides is 1. The van der Waals surface area contributed by atoms with Gasteiger partial charge in [0.15, 0.2) is 0 Å². The summed E-state index contributed by atoms with van der Waals surface area (Å²) in [5.41, 5.74) is -0.293. The molecule has 0 aliphatic rings. The lowest BCUT2D eigenvalue weighted by Gasteiger charge is -2.43. The van der Waals surface area contributed by atoms with Gasteiger partial charge in [-0.15, -0.1) is 0 Å². The highest BCUT2D eigenvalue weighted by molar-refractivity contribution is 5.95. The Morgan fingerprint density at radius 3 is 2.07 bits per heavy atom. The Balaban J connectivity index is 2.30. The lowest BCUT2D eigenvalue weighted by atomic mass is 9.64. The van der Waals surface area contributed by atoms with E-state index in [1.807, 2.05) is 56.3 Å². The van der Waals surface area contributed by atoms with Gasteiger partial charge < -0.3 is 19.5 Å². The first-order chi connectivity index (χ1) is 14.1. The minimum Gasteiger partial charge on any atom is -0.497 e. The predicted octanol–water partition coefficient (Wildman–Crippen LogP) is 4.44. The summed E-state index contributed by atoms with van der Waals surface area (Å²) in [5, 5.41) is 2.90. The highest BCUT2D eigenvalue weighted by atomic mass is 16.5. The molecule has 0 spiro atoms. The van der Waals surface area contributed by atoms with Crippen LogP contribution in [-0.2, 0) is 25.7 Å². The molecular formula is C24H31NO5. The molecule has 0 bridgehead atoms. The number of anilines is 1. The summed E-state index contributed by atoms with van der Waals surface area (Å²) in [5.74, 6) is 0.0130. The van der Waals surface area contributed by atoms with Crippen molar-refractivity contribution in [3.63, 3.8) is 0 Å². The zero-order valence-corrected chi connectivity index (χ0v) is 18.5. The van der Waals surface area contributed by atoms with E-state index in [-0.39, 0.29) is 12.5 Å². The van der Waals surface area contributed by atoms with Crippen molar-refractivity contribution in [2.45, 2.75) is 40.4 Å². The van der Waals surface area contributed by atoms with Crippen molar-refractivity contribution in [3.8, 4) is 5.75 Å². The van der Waals surface area contributed by atoms with Gasteiger partial charge in [-0.25, -0.2) is 0 Å². The van der Waals surface area contributed by atoms with Crippen molar-refractivity contribution in [3.05, 3.63) is 60.2 Å². The average Bonchev–Trinajstić information content (AvgIpc) is 2.74. The number of carbonyl (C=O) groups is 2. The quantitative estimate of drug-likeness (QED) is 0.615. The number of ether oxygens (including phenoxy) is 3. The second kappa shape index (κ2) is 9.76. The molecule has 0 fully saturated rings. The molecule has 0 radical (unpaired) electrons. The molecule has 0 heterocycles. The van der Waals surface area contributed by atoms with Gasteiger partial charge in [0.05, 0.1) is 26.2 Å². The molecule has 1 atom stereocenters. The lowest BCUT2D eigenvalue weighted by molar-refractivity contribution is -0.170. The van der Waals surface area contributed by atoms with Crippen LogP contribution in [0.2, 0.25) is 0 Å². The van der Waals surface area contributed by atoms with Gasteiger partial charge >= 0.3 is 5.97 Å². The Labute approximate surface area is 178 Å². The molecule has 2 aromatic rings. The van der Waals surface area contributed by atoms with Gasteiger partial charge in [-0.1, -0.05) is 44.2 Å². The van der Waals surface area contributed by atoms with Crippen LogP contribution in [0.3, 0.4) is 0 Å². The maximum absolute atomic E-state index is 13.2. The molecule has 2 aromatic carbocycles. The zero-order chi connectivity index (χ0) is 22.4. The van der Waals surface area contributed by atoms with E-state index in [1.165, 1.54) is 7.11 Å². The highest BCUT2D eigenvalue weighted by Gasteiger charge is 2.52. The number of esters is 1. The second-order valence-corrected chi connectivity index (χ2v) is 8.23. The van der Waals surface area contributed by atoms with Crippen molar-refractivity contribution in [2.24, 2.45) is 10.8 Å². The number of rotatable bonds is 9. The summed E-state index contributed by atoms with van der Waals surface area (Å²) in [6, 6.07) is 16.6. The third-order valence-electron chi connectivity index (χ3n) is 5.82. The smallest absolute Gasteiger partial charge is 0.311 e. The van der Waals surface area contributed by atoms with Gasteiger partial charge in [0.1, 0.15) is 11.9 Å². The first kappa shape index (κ1) is 23.4. The minimum atomic E-state index is -0.972. The van der Waals surface area contributed by atoms with Crippen molar-refractivity contribution >= 4 is 17.6 Å².